The van der Waals surface area contributed by atoms with Gasteiger partial charge in [0.2, 0.25) is 0 Å². The van der Waals surface area contributed by atoms with E-state index in [0.29, 0.717) is 12.1 Å². The normalized spacial score (nSPS) is 13.2. The molecule has 1 aromatic rings. The van der Waals surface area contributed by atoms with E-state index in [1.54, 1.807) is 6.07 Å². The van der Waals surface area contributed by atoms with Crippen molar-refractivity contribution >= 4 is 27.5 Å². The molecular formula is C14H16N2O3W. The van der Waals surface area contributed by atoms with Crippen molar-refractivity contribution in [3.8, 4) is 0 Å². The molecule has 20 heavy (non-hydrogen) atoms. The van der Waals surface area contributed by atoms with Crippen LogP contribution in [0, 0.1) is 0 Å². The fourth-order valence-electron chi connectivity index (χ4n) is 1.95. The molecule has 0 saturated heterocycles. The number of nitrogens with one attached hydrogen (secondary N) is 2. The van der Waals surface area contributed by atoms with Crippen LogP contribution in [0.2, 0.25) is 0 Å². The molecule has 2 rings (SSSR count). The molecule has 0 aromatic heterocycles. The first kappa shape index (κ1) is 14.9. The topological polar surface area (TPSA) is 67.4 Å². The Labute approximate surface area is 128 Å². The summed E-state index contributed by atoms with van der Waals surface area (Å²) in [5.41, 5.74) is 2.47. The summed E-state index contributed by atoms with van der Waals surface area (Å²) in [6.07, 6.45) is 2.51. The van der Waals surface area contributed by atoms with Crippen molar-refractivity contribution in [3.63, 3.8) is 0 Å². The maximum absolute atomic E-state index is 11.7. The van der Waals surface area contributed by atoms with Crippen LogP contribution in [0.4, 0.5) is 16.2 Å². The minimum absolute atomic E-state index is 0.00736. The van der Waals surface area contributed by atoms with Crippen LogP contribution in [0.15, 0.2) is 18.2 Å². The third kappa shape index (κ3) is 4.00. The van der Waals surface area contributed by atoms with E-state index in [1.165, 1.54) is 0 Å². The Hall–Kier alpha value is -1.48. The van der Waals surface area contributed by atoms with Crippen LogP contribution in [0.1, 0.15) is 31.7 Å². The predicted molar refractivity (Wildman–Crippen MR) is 73.4 cm³/mol. The van der Waals surface area contributed by atoms with Crippen LogP contribution < -0.4 is 10.6 Å². The molecule has 0 fully saturated rings. The van der Waals surface area contributed by atoms with Gasteiger partial charge in [-0.3, -0.25) is 0 Å². The predicted octanol–water partition coefficient (Wildman–Crippen LogP) is 2.60. The number of ether oxygens (including phenoxy) is 1. The van der Waals surface area contributed by atoms with E-state index in [-0.39, 0.29) is 5.91 Å². The molecule has 0 spiro atoms. The van der Waals surface area contributed by atoms with Gasteiger partial charge < -0.3 is 0 Å². The third-order valence-corrected chi connectivity index (χ3v) is 3.95. The average molecular weight is 444 g/mol. The first-order chi connectivity index (χ1) is 9.58. The number of fused-ring (bicyclic) bond motifs is 1. The second kappa shape index (κ2) is 6.80. The van der Waals surface area contributed by atoms with Gasteiger partial charge >= 0.3 is 128 Å². The Bertz CT molecular complexity index is 557. The van der Waals surface area contributed by atoms with Gasteiger partial charge in [0.15, 0.2) is 0 Å². The molecule has 1 aliphatic rings. The van der Waals surface area contributed by atoms with Crippen molar-refractivity contribution in [2.75, 3.05) is 10.6 Å². The van der Waals surface area contributed by atoms with E-state index in [4.69, 9.17) is 4.74 Å². The number of aryl methyl sites for hydroxylation is 1. The van der Waals surface area contributed by atoms with Crippen LogP contribution in [0.5, 0.6) is 0 Å². The molecule has 1 aliphatic heterocycles. The fraction of sp³-hybridized carbons (Fsp3) is 0.357. The van der Waals surface area contributed by atoms with Gasteiger partial charge in [0.05, 0.1) is 0 Å². The van der Waals surface area contributed by atoms with Crippen LogP contribution in [0.3, 0.4) is 0 Å². The Morgan fingerprint density at radius 2 is 2.25 bits per heavy atom. The van der Waals surface area contributed by atoms with Gasteiger partial charge in [0.1, 0.15) is 0 Å². The van der Waals surface area contributed by atoms with E-state index in [9.17, 15) is 9.59 Å². The standard InChI is InChI=1S/C14H16N2O3.W/c1-2-3-8-19-14(18)15-11-6-4-10-5-7-13(17)16-12(10)9-11;/h4,6,9H,2-3,5,7H2,1H3,(H,15,18)(H,16,17);. The number of hydrogen-bond acceptors (Lipinski definition) is 3. The Kier molecular flexibility index (Phi) is 5.07. The monoisotopic (exact) mass is 444 g/mol. The molecule has 2 amide bonds. The van der Waals surface area contributed by atoms with Gasteiger partial charge in [0, 0.05) is 0 Å². The third-order valence-electron chi connectivity index (χ3n) is 2.91. The number of carbonyl (C=O) groups is 2. The summed E-state index contributed by atoms with van der Waals surface area (Å²) < 4.78 is 5.95. The summed E-state index contributed by atoms with van der Waals surface area (Å²) in [5.74, 6) is 0.00736. The van der Waals surface area contributed by atoms with Crippen LogP contribution in [0.25, 0.3) is 0 Å². The first-order valence-corrected chi connectivity index (χ1v) is 7.99. The van der Waals surface area contributed by atoms with Gasteiger partial charge in [-0.1, -0.05) is 0 Å². The molecule has 5 nitrogen and oxygen atoms in total. The number of anilines is 2. The minimum atomic E-state index is -0.481. The van der Waals surface area contributed by atoms with Crippen LogP contribution in [-0.4, -0.2) is 16.1 Å². The molecule has 6 heteroatoms. The maximum atomic E-state index is 11.7. The Morgan fingerprint density at radius 3 is 3.00 bits per heavy atom. The molecule has 0 aliphatic carbocycles. The van der Waals surface area contributed by atoms with Gasteiger partial charge in [-0.25, -0.2) is 0 Å². The Balaban J connectivity index is 2.00. The molecule has 1 heterocycles. The molecule has 0 radical (unpaired) electrons. The molecule has 0 saturated carbocycles. The molecule has 1 aromatic carbocycles. The second-order valence-electron chi connectivity index (χ2n) is 4.56. The zero-order chi connectivity index (χ0) is 14.5. The Morgan fingerprint density at radius 1 is 1.45 bits per heavy atom. The van der Waals surface area contributed by atoms with Crippen LogP contribution >= 0.6 is 0 Å². The number of carbonyl (C=O) groups excluding carboxylic acids is 2. The van der Waals surface area contributed by atoms with Crippen molar-refractivity contribution in [3.05, 3.63) is 23.8 Å². The van der Waals surface area contributed by atoms with Crippen LogP contribution in [-0.2, 0) is 35.3 Å². The summed E-state index contributed by atoms with van der Waals surface area (Å²) in [7, 11) is 0. The summed E-state index contributed by atoms with van der Waals surface area (Å²) >= 11 is 1.16. The van der Waals surface area contributed by atoms with Crippen molar-refractivity contribution in [2.24, 2.45) is 0 Å². The van der Waals surface area contributed by atoms with E-state index >= 15 is 0 Å². The number of benzene rings is 1. The quantitative estimate of drug-likeness (QED) is 0.751. The molecular weight excluding hydrogens is 428 g/mol. The van der Waals surface area contributed by atoms with Gasteiger partial charge in [-0.2, -0.15) is 0 Å². The molecule has 0 bridgehead atoms. The number of hydrogen-bond donors (Lipinski definition) is 2. The van der Waals surface area contributed by atoms with E-state index < -0.39 is 6.09 Å². The molecule has 2 N–H and O–H groups in total. The van der Waals surface area contributed by atoms with Gasteiger partial charge in [-0.05, 0) is 0 Å². The number of amides is 2. The van der Waals surface area contributed by atoms with Gasteiger partial charge in [-0.15, -0.1) is 0 Å². The van der Waals surface area contributed by atoms with Crippen molar-refractivity contribution in [2.45, 2.75) is 32.6 Å². The van der Waals surface area contributed by atoms with E-state index in [2.05, 4.69) is 10.6 Å². The molecule has 0 unspecified atom stereocenters. The zero-order valence-corrected chi connectivity index (χ0v) is 14.1. The summed E-state index contributed by atoms with van der Waals surface area (Å²) in [4.78, 5) is 23.1. The van der Waals surface area contributed by atoms with Crippen molar-refractivity contribution in [1.82, 2.24) is 0 Å². The summed E-state index contributed by atoms with van der Waals surface area (Å²) in [5, 5.41) is 5.48. The fourth-order valence-corrected chi connectivity index (χ4v) is 2.96. The number of rotatable bonds is 4. The first-order valence-electron chi connectivity index (χ1n) is 6.53. The SMILES string of the molecule is CCC[C](=[W])OC(=O)Nc1ccc2c(c1)NC(=O)CC2. The summed E-state index contributed by atoms with van der Waals surface area (Å²) in [6, 6.07) is 5.49. The molecule has 0 atom stereocenters. The van der Waals surface area contributed by atoms with E-state index in [0.717, 1.165) is 54.0 Å². The van der Waals surface area contributed by atoms with Crippen molar-refractivity contribution < 1.29 is 33.7 Å². The second-order valence-corrected chi connectivity index (χ2v) is 6.19. The van der Waals surface area contributed by atoms with Gasteiger partial charge in [0.25, 0.3) is 0 Å². The zero-order valence-electron chi connectivity index (χ0n) is 11.2. The van der Waals surface area contributed by atoms with Crippen molar-refractivity contribution in [1.29, 1.82) is 0 Å². The molecule has 106 valence electrons. The summed E-state index contributed by atoms with van der Waals surface area (Å²) in [6.45, 7) is 2.04. The average Bonchev–Trinajstić information content (AvgIpc) is 2.38. The van der Waals surface area contributed by atoms with E-state index in [1.807, 2.05) is 19.1 Å².